The third-order valence-electron chi connectivity index (χ3n) is 3.21. The Balaban J connectivity index is 1.93. The molecule has 0 bridgehead atoms. The van der Waals surface area contributed by atoms with Crippen LogP contribution in [0.5, 0.6) is 0 Å². The molecule has 0 spiro atoms. The van der Waals surface area contributed by atoms with Crippen molar-refractivity contribution in [2.45, 2.75) is 32.7 Å². The Labute approximate surface area is 118 Å². The summed E-state index contributed by atoms with van der Waals surface area (Å²) in [5, 5.41) is 0. The topological polar surface area (TPSA) is 59.5 Å². The summed E-state index contributed by atoms with van der Waals surface area (Å²) in [7, 11) is 0. The number of ether oxygens (including phenoxy) is 1. The predicted octanol–water partition coefficient (Wildman–Crippen LogP) is 1.77. The standard InChI is InChI=1S/C15H20N2O3/c1-2-20-14(18)8-10-17(15(19)12-6-7-12)11-13-5-3-4-9-16-13/h3-5,9,12H,2,6-8,10-11H2,1H3. The van der Waals surface area contributed by atoms with Gasteiger partial charge in [-0.3, -0.25) is 14.6 Å². The minimum Gasteiger partial charge on any atom is -0.466 e. The molecular weight excluding hydrogens is 256 g/mol. The summed E-state index contributed by atoms with van der Waals surface area (Å²) in [5.74, 6) is 0.00276. The number of hydrogen-bond donors (Lipinski definition) is 0. The summed E-state index contributed by atoms with van der Waals surface area (Å²) in [5.41, 5.74) is 0.838. The fourth-order valence-corrected chi connectivity index (χ4v) is 2.00. The molecule has 0 atom stereocenters. The van der Waals surface area contributed by atoms with E-state index in [1.807, 2.05) is 18.2 Å². The number of aromatic nitrogens is 1. The molecule has 1 aromatic heterocycles. The molecule has 1 aromatic rings. The Morgan fingerprint density at radius 2 is 2.20 bits per heavy atom. The second kappa shape index (κ2) is 7.03. The highest BCUT2D eigenvalue weighted by Gasteiger charge is 2.33. The van der Waals surface area contributed by atoms with Crippen molar-refractivity contribution in [3.8, 4) is 0 Å². The Bertz CT molecular complexity index is 457. The van der Waals surface area contributed by atoms with Gasteiger partial charge in [0.25, 0.3) is 0 Å². The summed E-state index contributed by atoms with van der Waals surface area (Å²) in [4.78, 5) is 29.6. The van der Waals surface area contributed by atoms with Crippen LogP contribution < -0.4 is 0 Å². The average molecular weight is 276 g/mol. The van der Waals surface area contributed by atoms with Gasteiger partial charge in [-0.05, 0) is 31.9 Å². The van der Waals surface area contributed by atoms with Gasteiger partial charge in [0, 0.05) is 18.7 Å². The molecule has 2 rings (SSSR count). The molecule has 0 unspecified atom stereocenters. The third kappa shape index (κ3) is 4.33. The number of esters is 1. The van der Waals surface area contributed by atoms with E-state index < -0.39 is 0 Å². The summed E-state index contributed by atoms with van der Waals surface area (Å²) in [6.45, 7) is 2.99. The van der Waals surface area contributed by atoms with Crippen molar-refractivity contribution in [2.24, 2.45) is 5.92 Å². The van der Waals surface area contributed by atoms with Crippen LogP contribution in [0.1, 0.15) is 31.9 Å². The first kappa shape index (κ1) is 14.5. The molecule has 0 N–H and O–H groups in total. The van der Waals surface area contributed by atoms with Gasteiger partial charge < -0.3 is 9.64 Å². The molecule has 108 valence electrons. The van der Waals surface area contributed by atoms with E-state index >= 15 is 0 Å². The predicted molar refractivity (Wildman–Crippen MR) is 73.6 cm³/mol. The van der Waals surface area contributed by atoms with Crippen LogP contribution in [0.4, 0.5) is 0 Å². The lowest BCUT2D eigenvalue weighted by molar-refractivity contribution is -0.144. The maximum atomic E-state index is 12.2. The minimum absolute atomic E-state index is 0.125. The molecule has 1 fully saturated rings. The highest BCUT2D eigenvalue weighted by molar-refractivity contribution is 5.81. The normalized spacial score (nSPS) is 13.8. The fourth-order valence-electron chi connectivity index (χ4n) is 2.00. The van der Waals surface area contributed by atoms with Crippen molar-refractivity contribution in [2.75, 3.05) is 13.2 Å². The zero-order valence-electron chi connectivity index (χ0n) is 11.7. The van der Waals surface area contributed by atoms with Crippen LogP contribution in [-0.2, 0) is 20.9 Å². The first-order valence-corrected chi connectivity index (χ1v) is 7.05. The van der Waals surface area contributed by atoms with Gasteiger partial charge in [-0.25, -0.2) is 0 Å². The van der Waals surface area contributed by atoms with Crippen LogP contribution in [0.2, 0.25) is 0 Å². The quantitative estimate of drug-likeness (QED) is 0.712. The number of nitrogens with zero attached hydrogens (tertiary/aromatic N) is 2. The number of hydrogen-bond acceptors (Lipinski definition) is 4. The van der Waals surface area contributed by atoms with Crippen LogP contribution in [-0.4, -0.2) is 34.9 Å². The molecule has 0 aliphatic heterocycles. The summed E-state index contributed by atoms with van der Waals surface area (Å²) in [6, 6.07) is 5.63. The number of carbonyl (C=O) groups excluding carboxylic acids is 2. The minimum atomic E-state index is -0.262. The molecule has 1 amide bonds. The highest BCUT2D eigenvalue weighted by atomic mass is 16.5. The van der Waals surface area contributed by atoms with E-state index in [-0.39, 0.29) is 24.2 Å². The average Bonchev–Trinajstić information content (AvgIpc) is 3.28. The van der Waals surface area contributed by atoms with Crippen molar-refractivity contribution in [1.82, 2.24) is 9.88 Å². The second-order valence-electron chi connectivity index (χ2n) is 4.91. The molecule has 1 aliphatic rings. The first-order valence-electron chi connectivity index (χ1n) is 7.05. The molecule has 5 heteroatoms. The van der Waals surface area contributed by atoms with Gasteiger partial charge >= 0.3 is 5.97 Å². The fraction of sp³-hybridized carbons (Fsp3) is 0.533. The molecule has 0 radical (unpaired) electrons. The molecule has 0 aromatic carbocycles. The Morgan fingerprint density at radius 1 is 1.40 bits per heavy atom. The van der Waals surface area contributed by atoms with Crippen LogP contribution in [0.15, 0.2) is 24.4 Å². The van der Waals surface area contributed by atoms with Crippen molar-refractivity contribution in [3.05, 3.63) is 30.1 Å². The maximum Gasteiger partial charge on any atom is 0.307 e. The van der Waals surface area contributed by atoms with E-state index in [4.69, 9.17) is 4.74 Å². The number of carbonyl (C=O) groups is 2. The lowest BCUT2D eigenvalue weighted by Crippen LogP contribution is -2.34. The smallest absolute Gasteiger partial charge is 0.307 e. The highest BCUT2D eigenvalue weighted by Crippen LogP contribution is 2.31. The van der Waals surface area contributed by atoms with Crippen LogP contribution >= 0.6 is 0 Å². The van der Waals surface area contributed by atoms with Crippen molar-refractivity contribution in [1.29, 1.82) is 0 Å². The number of pyridine rings is 1. The summed E-state index contributed by atoms with van der Waals surface area (Å²) >= 11 is 0. The molecular formula is C15H20N2O3. The molecule has 0 saturated heterocycles. The molecule has 20 heavy (non-hydrogen) atoms. The SMILES string of the molecule is CCOC(=O)CCN(Cc1ccccn1)C(=O)C1CC1. The van der Waals surface area contributed by atoms with Gasteiger partial charge in [0.1, 0.15) is 0 Å². The molecule has 1 heterocycles. The Hall–Kier alpha value is -1.91. The third-order valence-corrected chi connectivity index (χ3v) is 3.21. The zero-order chi connectivity index (χ0) is 14.4. The van der Waals surface area contributed by atoms with Gasteiger partial charge in [-0.2, -0.15) is 0 Å². The summed E-state index contributed by atoms with van der Waals surface area (Å²) < 4.78 is 4.91. The monoisotopic (exact) mass is 276 g/mol. The van der Waals surface area contributed by atoms with E-state index in [0.29, 0.717) is 19.7 Å². The zero-order valence-corrected chi connectivity index (χ0v) is 11.7. The molecule has 5 nitrogen and oxygen atoms in total. The van der Waals surface area contributed by atoms with E-state index in [0.717, 1.165) is 18.5 Å². The van der Waals surface area contributed by atoms with Crippen molar-refractivity contribution in [3.63, 3.8) is 0 Å². The van der Waals surface area contributed by atoms with Crippen LogP contribution in [0.25, 0.3) is 0 Å². The summed E-state index contributed by atoms with van der Waals surface area (Å²) in [6.07, 6.45) is 3.85. The van der Waals surface area contributed by atoms with Crippen molar-refractivity contribution < 1.29 is 14.3 Å². The van der Waals surface area contributed by atoms with Gasteiger partial charge in [0.2, 0.25) is 5.91 Å². The Kier molecular flexibility index (Phi) is 5.09. The number of rotatable bonds is 7. The van der Waals surface area contributed by atoms with Gasteiger partial charge in [0.15, 0.2) is 0 Å². The Morgan fingerprint density at radius 3 is 2.80 bits per heavy atom. The van der Waals surface area contributed by atoms with Gasteiger partial charge in [-0.15, -0.1) is 0 Å². The van der Waals surface area contributed by atoms with Gasteiger partial charge in [0.05, 0.1) is 25.3 Å². The number of amides is 1. The van der Waals surface area contributed by atoms with Crippen LogP contribution in [0, 0.1) is 5.92 Å². The molecule has 1 aliphatic carbocycles. The maximum absolute atomic E-state index is 12.2. The lowest BCUT2D eigenvalue weighted by atomic mass is 10.2. The van der Waals surface area contributed by atoms with Gasteiger partial charge in [-0.1, -0.05) is 6.07 Å². The van der Waals surface area contributed by atoms with E-state index in [1.54, 1.807) is 18.0 Å². The van der Waals surface area contributed by atoms with Crippen LogP contribution in [0.3, 0.4) is 0 Å². The molecule has 1 saturated carbocycles. The first-order chi connectivity index (χ1) is 9.70. The van der Waals surface area contributed by atoms with E-state index in [2.05, 4.69) is 4.98 Å². The largest absolute Gasteiger partial charge is 0.466 e. The van der Waals surface area contributed by atoms with Crippen molar-refractivity contribution >= 4 is 11.9 Å². The second-order valence-corrected chi connectivity index (χ2v) is 4.91. The lowest BCUT2D eigenvalue weighted by Gasteiger charge is -2.22. The van der Waals surface area contributed by atoms with E-state index in [9.17, 15) is 9.59 Å². The van der Waals surface area contributed by atoms with E-state index in [1.165, 1.54) is 0 Å².